The maximum absolute atomic E-state index is 11.8. The predicted octanol–water partition coefficient (Wildman–Crippen LogP) is 2.56. The molecule has 2 unspecified atom stereocenters. The summed E-state index contributed by atoms with van der Waals surface area (Å²) in [5, 5.41) is 8.96. The van der Waals surface area contributed by atoms with Crippen molar-refractivity contribution in [2.45, 2.75) is 45.1 Å². The lowest BCUT2D eigenvalue weighted by Crippen LogP contribution is -2.18. The van der Waals surface area contributed by atoms with E-state index in [-0.39, 0.29) is 24.9 Å². The molecule has 0 saturated carbocycles. The van der Waals surface area contributed by atoms with Crippen LogP contribution in [0.2, 0.25) is 0 Å². The highest BCUT2D eigenvalue weighted by atomic mass is 16.5. The van der Waals surface area contributed by atoms with Crippen molar-refractivity contribution in [1.29, 1.82) is 0 Å². The number of benzene rings is 1. The van der Waals surface area contributed by atoms with Gasteiger partial charge in [-0.25, -0.2) is 0 Å². The minimum atomic E-state index is -0.942. The summed E-state index contributed by atoms with van der Waals surface area (Å²) >= 11 is 0. The number of aliphatic carboxylic acids is 1. The first-order chi connectivity index (χ1) is 9.42. The van der Waals surface area contributed by atoms with Gasteiger partial charge in [-0.1, -0.05) is 19.1 Å². The van der Waals surface area contributed by atoms with Gasteiger partial charge in [0.25, 0.3) is 0 Å². The van der Waals surface area contributed by atoms with Crippen molar-refractivity contribution in [3.05, 3.63) is 29.8 Å². The van der Waals surface area contributed by atoms with Crippen LogP contribution in [0.3, 0.4) is 0 Å². The molecular weight excluding hydrogens is 258 g/mol. The van der Waals surface area contributed by atoms with Crippen LogP contribution in [0.1, 0.15) is 44.6 Å². The zero-order chi connectivity index (χ0) is 15.1. The molecule has 0 saturated heterocycles. The van der Waals surface area contributed by atoms with Crippen molar-refractivity contribution in [3.8, 4) is 0 Å². The van der Waals surface area contributed by atoms with Crippen molar-refractivity contribution < 1.29 is 19.4 Å². The highest BCUT2D eigenvalue weighted by molar-refractivity contribution is 5.74. The third kappa shape index (κ3) is 5.30. The van der Waals surface area contributed by atoms with Crippen LogP contribution in [0.5, 0.6) is 0 Å². The zero-order valence-electron chi connectivity index (χ0n) is 11.8. The Morgan fingerprint density at radius 3 is 2.35 bits per heavy atom. The summed E-state index contributed by atoms with van der Waals surface area (Å²) in [7, 11) is 0. The summed E-state index contributed by atoms with van der Waals surface area (Å²) in [5.41, 5.74) is 6.99. The SMILES string of the molecule is CCC(C)OC(=O)CC(CC(=O)O)c1ccc(N)cc1. The molecule has 5 nitrogen and oxygen atoms in total. The van der Waals surface area contributed by atoms with Crippen molar-refractivity contribution in [1.82, 2.24) is 0 Å². The van der Waals surface area contributed by atoms with Crippen molar-refractivity contribution in [2.24, 2.45) is 0 Å². The molecule has 0 amide bonds. The first-order valence-electron chi connectivity index (χ1n) is 6.69. The molecule has 0 radical (unpaired) electrons. The number of carbonyl (C=O) groups excluding carboxylic acids is 1. The lowest BCUT2D eigenvalue weighted by atomic mass is 9.92. The molecule has 0 aromatic heterocycles. The predicted molar refractivity (Wildman–Crippen MR) is 76.3 cm³/mol. The van der Waals surface area contributed by atoms with E-state index in [1.54, 1.807) is 24.3 Å². The first kappa shape index (κ1) is 16.0. The molecule has 0 heterocycles. The van der Waals surface area contributed by atoms with E-state index in [2.05, 4.69) is 0 Å². The molecule has 2 atom stereocenters. The molecule has 0 aliphatic rings. The van der Waals surface area contributed by atoms with Crippen LogP contribution in [0.25, 0.3) is 0 Å². The van der Waals surface area contributed by atoms with Crippen molar-refractivity contribution >= 4 is 17.6 Å². The summed E-state index contributed by atoms with van der Waals surface area (Å²) in [4.78, 5) is 22.7. The molecule has 5 heteroatoms. The van der Waals surface area contributed by atoms with E-state index in [4.69, 9.17) is 15.6 Å². The minimum absolute atomic E-state index is 0.0561. The van der Waals surface area contributed by atoms with Crippen molar-refractivity contribution in [3.63, 3.8) is 0 Å². The van der Waals surface area contributed by atoms with E-state index in [1.807, 2.05) is 13.8 Å². The Morgan fingerprint density at radius 1 is 1.25 bits per heavy atom. The van der Waals surface area contributed by atoms with Crippen LogP contribution in [0.15, 0.2) is 24.3 Å². The van der Waals surface area contributed by atoms with E-state index in [9.17, 15) is 9.59 Å². The van der Waals surface area contributed by atoms with Gasteiger partial charge in [0.1, 0.15) is 0 Å². The molecule has 110 valence electrons. The van der Waals surface area contributed by atoms with Gasteiger partial charge in [0.2, 0.25) is 0 Å². The Hall–Kier alpha value is -2.04. The molecule has 0 aliphatic heterocycles. The number of ether oxygens (including phenoxy) is 1. The molecule has 0 fully saturated rings. The number of anilines is 1. The maximum Gasteiger partial charge on any atom is 0.306 e. The van der Waals surface area contributed by atoms with Gasteiger partial charge in [0.15, 0.2) is 0 Å². The number of nitrogen functional groups attached to an aromatic ring is 1. The number of nitrogens with two attached hydrogens (primary N) is 1. The summed E-state index contributed by atoms with van der Waals surface area (Å²) in [6.45, 7) is 3.74. The minimum Gasteiger partial charge on any atom is -0.481 e. The third-order valence-electron chi connectivity index (χ3n) is 3.15. The van der Waals surface area contributed by atoms with E-state index < -0.39 is 11.9 Å². The lowest BCUT2D eigenvalue weighted by molar-refractivity contribution is -0.149. The first-order valence-corrected chi connectivity index (χ1v) is 6.69. The normalized spacial score (nSPS) is 13.5. The molecule has 3 N–H and O–H groups in total. The van der Waals surface area contributed by atoms with Gasteiger partial charge >= 0.3 is 11.9 Å². The highest BCUT2D eigenvalue weighted by Gasteiger charge is 2.21. The van der Waals surface area contributed by atoms with E-state index in [1.165, 1.54) is 0 Å². The van der Waals surface area contributed by atoms with Crippen LogP contribution >= 0.6 is 0 Å². The van der Waals surface area contributed by atoms with Gasteiger partial charge in [0.05, 0.1) is 18.9 Å². The molecule has 20 heavy (non-hydrogen) atoms. The number of hydrogen-bond donors (Lipinski definition) is 2. The van der Waals surface area contributed by atoms with Gasteiger partial charge < -0.3 is 15.6 Å². The van der Waals surface area contributed by atoms with Crippen LogP contribution in [-0.4, -0.2) is 23.1 Å². The molecular formula is C15H21NO4. The third-order valence-corrected chi connectivity index (χ3v) is 3.15. The van der Waals surface area contributed by atoms with Gasteiger partial charge in [-0.05, 0) is 31.0 Å². The van der Waals surface area contributed by atoms with Crippen LogP contribution in [-0.2, 0) is 14.3 Å². The molecule has 0 spiro atoms. The smallest absolute Gasteiger partial charge is 0.306 e. The second-order valence-electron chi connectivity index (χ2n) is 4.87. The Bertz CT molecular complexity index is 455. The second-order valence-corrected chi connectivity index (χ2v) is 4.87. The topological polar surface area (TPSA) is 89.6 Å². The molecule has 1 rings (SSSR count). The largest absolute Gasteiger partial charge is 0.481 e. The molecule has 1 aromatic carbocycles. The number of hydrogen-bond acceptors (Lipinski definition) is 4. The Morgan fingerprint density at radius 2 is 1.85 bits per heavy atom. The average molecular weight is 279 g/mol. The van der Waals surface area contributed by atoms with Crippen LogP contribution in [0.4, 0.5) is 5.69 Å². The van der Waals surface area contributed by atoms with Crippen LogP contribution < -0.4 is 5.73 Å². The van der Waals surface area contributed by atoms with Gasteiger partial charge in [-0.2, -0.15) is 0 Å². The fourth-order valence-electron chi connectivity index (χ4n) is 1.84. The quantitative estimate of drug-likeness (QED) is 0.591. The Labute approximate surface area is 118 Å². The fourth-order valence-corrected chi connectivity index (χ4v) is 1.84. The summed E-state index contributed by atoms with van der Waals surface area (Å²) in [6.07, 6.45) is 0.525. The number of carbonyl (C=O) groups is 2. The lowest BCUT2D eigenvalue weighted by Gasteiger charge is -2.17. The van der Waals surface area contributed by atoms with E-state index in [0.29, 0.717) is 5.69 Å². The molecule has 0 aliphatic carbocycles. The highest BCUT2D eigenvalue weighted by Crippen LogP contribution is 2.25. The number of carboxylic acid groups (broad SMARTS) is 1. The summed E-state index contributed by atoms with van der Waals surface area (Å²) in [6, 6.07) is 6.90. The monoisotopic (exact) mass is 279 g/mol. The summed E-state index contributed by atoms with van der Waals surface area (Å²) in [5.74, 6) is -1.71. The van der Waals surface area contributed by atoms with E-state index >= 15 is 0 Å². The van der Waals surface area contributed by atoms with E-state index in [0.717, 1.165) is 12.0 Å². The standard InChI is InChI=1S/C15H21NO4/c1-3-10(2)20-15(19)9-12(8-14(17)18)11-4-6-13(16)7-5-11/h4-7,10,12H,3,8-9,16H2,1-2H3,(H,17,18). The Balaban J connectivity index is 2.76. The average Bonchev–Trinajstić information content (AvgIpc) is 2.38. The van der Waals surface area contributed by atoms with Crippen LogP contribution in [0, 0.1) is 0 Å². The summed E-state index contributed by atoms with van der Waals surface area (Å²) < 4.78 is 5.20. The fraction of sp³-hybridized carbons (Fsp3) is 0.467. The zero-order valence-corrected chi connectivity index (χ0v) is 11.8. The maximum atomic E-state index is 11.8. The van der Waals surface area contributed by atoms with Gasteiger partial charge in [-0.3, -0.25) is 9.59 Å². The molecule has 1 aromatic rings. The Kier molecular flexibility index (Phi) is 6.03. The molecule has 0 bridgehead atoms. The second kappa shape index (κ2) is 7.53. The van der Waals surface area contributed by atoms with Gasteiger partial charge in [0, 0.05) is 11.6 Å². The number of carboxylic acids is 1. The number of rotatable bonds is 7. The van der Waals surface area contributed by atoms with Gasteiger partial charge in [-0.15, -0.1) is 0 Å². The van der Waals surface area contributed by atoms with Crippen molar-refractivity contribution in [2.75, 3.05) is 5.73 Å². The number of esters is 1.